The molecule has 0 aliphatic rings. The van der Waals surface area contributed by atoms with Crippen LogP contribution in [-0.2, 0) is 17.9 Å². The van der Waals surface area contributed by atoms with Crippen LogP contribution in [0.2, 0.25) is 0 Å². The molecule has 0 saturated heterocycles. The van der Waals surface area contributed by atoms with E-state index in [1.807, 2.05) is 24.3 Å². The molecule has 0 unspecified atom stereocenters. The van der Waals surface area contributed by atoms with Crippen molar-refractivity contribution in [3.05, 3.63) is 46.1 Å². The molecule has 3 aromatic rings. The van der Waals surface area contributed by atoms with Crippen molar-refractivity contribution >= 4 is 28.5 Å². The summed E-state index contributed by atoms with van der Waals surface area (Å²) in [7, 11) is 0. The summed E-state index contributed by atoms with van der Waals surface area (Å²) in [4.78, 5) is 22.1. The fourth-order valence-electron chi connectivity index (χ4n) is 2.36. The van der Waals surface area contributed by atoms with Crippen LogP contribution in [0.1, 0.15) is 12.6 Å². The van der Waals surface area contributed by atoms with E-state index >= 15 is 0 Å². The van der Waals surface area contributed by atoms with Gasteiger partial charge in [0.2, 0.25) is 0 Å². The largest absolute Gasteiger partial charge is 0.390 e. The maximum Gasteiger partial charge on any atom is 0.390 e. The lowest BCUT2D eigenvalue weighted by Crippen LogP contribution is -2.26. The van der Waals surface area contributed by atoms with Crippen LogP contribution >= 0.6 is 0 Å². The lowest BCUT2D eigenvalue weighted by molar-refractivity contribution is -0.389. The minimum Gasteiger partial charge on any atom is -0.358 e. The van der Waals surface area contributed by atoms with Crippen molar-refractivity contribution in [2.24, 2.45) is 5.10 Å². The van der Waals surface area contributed by atoms with Crippen molar-refractivity contribution in [1.29, 1.82) is 0 Å². The summed E-state index contributed by atoms with van der Waals surface area (Å²) in [5.41, 5.74) is 5.20. The van der Waals surface area contributed by atoms with E-state index in [2.05, 4.69) is 25.9 Å². The summed E-state index contributed by atoms with van der Waals surface area (Å²) in [6.45, 7) is 3.59. The van der Waals surface area contributed by atoms with Crippen LogP contribution < -0.4 is 5.43 Å². The highest BCUT2D eigenvalue weighted by Gasteiger charge is 2.17. The van der Waals surface area contributed by atoms with Gasteiger partial charge >= 0.3 is 5.82 Å². The Labute approximate surface area is 147 Å². The molecule has 3 rings (SSSR count). The van der Waals surface area contributed by atoms with E-state index in [1.54, 1.807) is 18.5 Å². The highest BCUT2D eigenvalue weighted by Crippen LogP contribution is 2.11. The van der Waals surface area contributed by atoms with Crippen LogP contribution in [0.4, 0.5) is 5.82 Å². The molecule has 11 heteroatoms. The van der Waals surface area contributed by atoms with Gasteiger partial charge in [-0.2, -0.15) is 9.78 Å². The Bertz CT molecular complexity index is 1000. The Morgan fingerprint density at radius 2 is 2.08 bits per heavy atom. The third kappa shape index (κ3) is 3.71. The molecule has 11 nitrogen and oxygen atoms in total. The van der Waals surface area contributed by atoms with Crippen LogP contribution in [0.25, 0.3) is 11.0 Å². The van der Waals surface area contributed by atoms with E-state index in [0.717, 1.165) is 11.0 Å². The zero-order valence-corrected chi connectivity index (χ0v) is 14.2. The van der Waals surface area contributed by atoms with E-state index < -0.39 is 10.8 Å². The molecule has 1 N–H and O–H groups in total. The minimum atomic E-state index is -0.605. The van der Waals surface area contributed by atoms with Crippen molar-refractivity contribution in [3.8, 4) is 0 Å². The van der Waals surface area contributed by atoms with Crippen LogP contribution in [0.15, 0.2) is 35.4 Å². The minimum absolute atomic E-state index is 0.164. The number of nitrogens with zero attached hydrogens (tertiary/aromatic N) is 7. The van der Waals surface area contributed by atoms with Crippen molar-refractivity contribution in [1.82, 2.24) is 30.2 Å². The molecule has 2 aromatic heterocycles. The first-order chi connectivity index (χ1) is 12.4. The molecule has 26 heavy (non-hydrogen) atoms. The van der Waals surface area contributed by atoms with E-state index in [9.17, 15) is 14.9 Å². The van der Waals surface area contributed by atoms with Crippen molar-refractivity contribution in [3.63, 3.8) is 0 Å². The van der Waals surface area contributed by atoms with Gasteiger partial charge in [-0.1, -0.05) is 17.3 Å². The Morgan fingerprint density at radius 3 is 2.81 bits per heavy atom. The summed E-state index contributed by atoms with van der Waals surface area (Å²) >= 11 is 0. The fourth-order valence-corrected chi connectivity index (χ4v) is 2.36. The molecule has 0 spiro atoms. The smallest absolute Gasteiger partial charge is 0.358 e. The first kappa shape index (κ1) is 17.2. The van der Waals surface area contributed by atoms with Gasteiger partial charge in [0.15, 0.2) is 0 Å². The van der Waals surface area contributed by atoms with Crippen molar-refractivity contribution in [2.45, 2.75) is 26.9 Å². The molecular formula is C15H16N8O3. The quantitative estimate of drug-likeness (QED) is 0.398. The van der Waals surface area contributed by atoms with Crippen LogP contribution in [0, 0.1) is 17.0 Å². The molecular weight excluding hydrogens is 340 g/mol. The molecule has 134 valence electrons. The standard InChI is InChI=1S/C15H16N8O3/c1-10(8-22-13-6-4-3-5-12(13)17-20-22)16-18-15(24)9-21-11(2)7-14(19-21)23(25)26/h3-7H,8-9H2,1-2H3,(H,18,24). The second kappa shape index (κ2) is 7.09. The number of aryl methyl sites for hydroxylation is 1. The number of carbonyl (C=O) groups is 1. The molecule has 1 amide bonds. The van der Waals surface area contributed by atoms with Gasteiger partial charge in [-0.15, -0.1) is 5.10 Å². The van der Waals surface area contributed by atoms with Gasteiger partial charge in [0.25, 0.3) is 5.91 Å². The maximum absolute atomic E-state index is 12.0. The number of para-hydroxylation sites is 1. The number of benzene rings is 1. The van der Waals surface area contributed by atoms with E-state index in [-0.39, 0.29) is 12.4 Å². The zero-order chi connectivity index (χ0) is 18.7. The normalized spacial score (nSPS) is 11.7. The van der Waals surface area contributed by atoms with Crippen LogP contribution in [0.3, 0.4) is 0 Å². The summed E-state index contributed by atoms with van der Waals surface area (Å²) < 4.78 is 2.94. The second-order valence-corrected chi connectivity index (χ2v) is 5.68. The predicted molar refractivity (Wildman–Crippen MR) is 92.4 cm³/mol. The third-order valence-corrected chi connectivity index (χ3v) is 3.62. The average Bonchev–Trinajstić information content (AvgIpc) is 3.18. The number of hydrogen-bond donors (Lipinski definition) is 1. The molecule has 0 bridgehead atoms. The summed E-state index contributed by atoms with van der Waals surface area (Å²) in [6.07, 6.45) is 0. The van der Waals surface area contributed by atoms with Gasteiger partial charge < -0.3 is 10.1 Å². The van der Waals surface area contributed by atoms with E-state index in [4.69, 9.17) is 0 Å². The number of aromatic nitrogens is 5. The molecule has 1 aromatic carbocycles. The number of hydrogen-bond acceptors (Lipinski definition) is 7. The lowest BCUT2D eigenvalue weighted by atomic mass is 10.3. The Balaban J connectivity index is 1.62. The Kier molecular flexibility index (Phi) is 4.69. The van der Waals surface area contributed by atoms with Gasteiger partial charge in [-0.3, -0.25) is 4.79 Å². The summed E-state index contributed by atoms with van der Waals surface area (Å²) in [5.74, 6) is -0.734. The SMILES string of the molecule is CC(Cn1nnc2ccccc21)=NNC(=O)Cn1nc([N+](=O)[O-])cc1C. The van der Waals surface area contributed by atoms with E-state index in [0.29, 0.717) is 18.0 Å². The summed E-state index contributed by atoms with van der Waals surface area (Å²) in [5, 5.41) is 26.6. The Hall–Kier alpha value is -3.63. The lowest BCUT2D eigenvalue weighted by Gasteiger charge is -2.03. The number of nitrogens with one attached hydrogen (secondary N) is 1. The first-order valence-electron chi connectivity index (χ1n) is 7.73. The zero-order valence-electron chi connectivity index (χ0n) is 14.2. The maximum atomic E-state index is 12.0. The van der Waals surface area contributed by atoms with Crippen LogP contribution in [0.5, 0.6) is 0 Å². The van der Waals surface area contributed by atoms with Crippen molar-refractivity contribution < 1.29 is 9.72 Å². The molecule has 0 aliphatic carbocycles. The summed E-state index contributed by atoms with van der Waals surface area (Å²) in [6, 6.07) is 8.83. The molecule has 0 aliphatic heterocycles. The molecule has 0 saturated carbocycles. The van der Waals surface area contributed by atoms with E-state index in [1.165, 1.54) is 10.7 Å². The predicted octanol–water partition coefficient (Wildman–Crippen LogP) is 1.04. The number of carbonyl (C=O) groups excluding carboxylic acids is 1. The average molecular weight is 356 g/mol. The Morgan fingerprint density at radius 1 is 1.31 bits per heavy atom. The van der Waals surface area contributed by atoms with Gasteiger partial charge in [0.1, 0.15) is 12.1 Å². The molecule has 2 heterocycles. The van der Waals surface area contributed by atoms with Crippen molar-refractivity contribution in [2.75, 3.05) is 0 Å². The number of hydrazone groups is 1. The number of rotatable bonds is 6. The number of fused-ring (bicyclic) bond motifs is 1. The van der Waals surface area contributed by atoms with Gasteiger partial charge in [0, 0.05) is 0 Å². The highest BCUT2D eigenvalue weighted by atomic mass is 16.6. The second-order valence-electron chi connectivity index (χ2n) is 5.68. The first-order valence-corrected chi connectivity index (χ1v) is 7.73. The van der Waals surface area contributed by atoms with Crippen LogP contribution in [-0.4, -0.2) is 41.3 Å². The van der Waals surface area contributed by atoms with Gasteiger partial charge in [-0.05, 0) is 30.9 Å². The molecule has 0 radical (unpaired) electrons. The molecule has 0 atom stereocenters. The monoisotopic (exact) mass is 356 g/mol. The van der Waals surface area contributed by atoms with Gasteiger partial charge in [-0.25, -0.2) is 10.1 Å². The third-order valence-electron chi connectivity index (χ3n) is 3.62. The number of amides is 1. The highest BCUT2D eigenvalue weighted by molar-refractivity contribution is 5.85. The topological polar surface area (TPSA) is 133 Å². The molecule has 0 fully saturated rings. The fraction of sp³-hybridized carbons (Fsp3) is 0.267. The van der Waals surface area contributed by atoms with Gasteiger partial charge in [0.05, 0.1) is 34.6 Å². The number of nitro groups is 1.